The summed E-state index contributed by atoms with van der Waals surface area (Å²) in [5.74, 6) is 0. The number of H-pyrrole nitrogens is 1. The molecule has 1 fully saturated rings. The molecule has 5 aromatic rings. The second-order valence-corrected chi connectivity index (χ2v) is 9.05. The number of rotatable bonds is 6. The maximum absolute atomic E-state index is 13.0. The van der Waals surface area contributed by atoms with Crippen LogP contribution in [0, 0.1) is 0 Å². The van der Waals surface area contributed by atoms with E-state index in [1.54, 1.807) is 10.6 Å². The van der Waals surface area contributed by atoms with Crippen LogP contribution in [-0.4, -0.2) is 49.0 Å². The Labute approximate surface area is 196 Å². The molecule has 0 bridgehead atoms. The van der Waals surface area contributed by atoms with Gasteiger partial charge in [0.2, 0.25) is 0 Å². The predicted molar refractivity (Wildman–Crippen MR) is 134 cm³/mol. The fraction of sp³-hybridized carbons (Fsp3) is 0.259. The Balaban J connectivity index is 1.27. The molecule has 4 heterocycles. The van der Waals surface area contributed by atoms with Crippen molar-refractivity contribution < 1.29 is 5.11 Å². The van der Waals surface area contributed by atoms with Gasteiger partial charge < -0.3 is 15.0 Å². The lowest BCUT2D eigenvalue weighted by atomic mass is 10.1. The minimum absolute atomic E-state index is 0.00812. The Bertz CT molecular complexity index is 1540. The molecule has 1 aliphatic heterocycles. The molecule has 1 saturated heterocycles. The van der Waals surface area contributed by atoms with E-state index in [4.69, 9.17) is 0 Å². The monoisotopic (exact) mass is 453 g/mol. The number of aliphatic hydroxyl groups is 1. The molecule has 7 heteroatoms. The molecule has 0 spiro atoms. The number of hydrogen-bond acceptors (Lipinski definition) is 4. The number of aliphatic hydroxyl groups excluding tert-OH is 1. The van der Waals surface area contributed by atoms with Crippen molar-refractivity contribution in [1.29, 1.82) is 0 Å². The molecule has 0 amide bonds. The van der Waals surface area contributed by atoms with Crippen molar-refractivity contribution in [3.63, 3.8) is 0 Å². The lowest BCUT2D eigenvalue weighted by Crippen LogP contribution is -2.24. The Hall–Kier alpha value is -3.68. The molecular weight excluding hydrogens is 426 g/mol. The first-order valence-electron chi connectivity index (χ1n) is 11.8. The molecule has 6 rings (SSSR count). The van der Waals surface area contributed by atoms with E-state index in [1.807, 2.05) is 54.9 Å². The number of nitrogens with one attached hydrogen (secondary N) is 1. The van der Waals surface area contributed by atoms with Gasteiger partial charge in [-0.3, -0.25) is 14.0 Å². The number of fused-ring (bicyclic) bond motifs is 2. The first kappa shape index (κ1) is 20.9. The highest BCUT2D eigenvalue weighted by Crippen LogP contribution is 2.25. The van der Waals surface area contributed by atoms with Gasteiger partial charge in [-0.05, 0) is 74.0 Å². The zero-order valence-electron chi connectivity index (χ0n) is 18.9. The van der Waals surface area contributed by atoms with Crippen LogP contribution in [-0.2, 0) is 13.2 Å². The summed E-state index contributed by atoms with van der Waals surface area (Å²) in [6.07, 6.45) is 6.29. The van der Waals surface area contributed by atoms with Crippen LogP contribution in [0.15, 0.2) is 71.8 Å². The van der Waals surface area contributed by atoms with E-state index in [0.717, 1.165) is 57.4 Å². The molecule has 0 aliphatic carbocycles. The summed E-state index contributed by atoms with van der Waals surface area (Å²) < 4.78 is 3.72. The van der Waals surface area contributed by atoms with Gasteiger partial charge in [0.25, 0.3) is 5.56 Å². The van der Waals surface area contributed by atoms with Gasteiger partial charge in [0.1, 0.15) is 0 Å². The third-order valence-corrected chi connectivity index (χ3v) is 6.83. The van der Waals surface area contributed by atoms with E-state index in [9.17, 15) is 9.90 Å². The van der Waals surface area contributed by atoms with Gasteiger partial charge in [0, 0.05) is 52.0 Å². The van der Waals surface area contributed by atoms with E-state index in [0.29, 0.717) is 0 Å². The van der Waals surface area contributed by atoms with Gasteiger partial charge in [-0.25, -0.2) is 0 Å². The van der Waals surface area contributed by atoms with Crippen LogP contribution in [0.2, 0.25) is 0 Å². The first-order valence-corrected chi connectivity index (χ1v) is 11.8. The van der Waals surface area contributed by atoms with E-state index in [1.165, 1.54) is 25.9 Å². The number of benzene rings is 2. The third-order valence-electron chi connectivity index (χ3n) is 6.83. The van der Waals surface area contributed by atoms with Crippen LogP contribution >= 0.6 is 0 Å². The highest BCUT2D eigenvalue weighted by molar-refractivity contribution is 5.86. The number of likely N-dealkylation sites (tertiary alicyclic amines) is 1. The van der Waals surface area contributed by atoms with Crippen LogP contribution in [0.3, 0.4) is 0 Å². The highest BCUT2D eigenvalue weighted by Gasteiger charge is 2.13. The van der Waals surface area contributed by atoms with Crippen molar-refractivity contribution in [2.45, 2.75) is 26.0 Å². The Morgan fingerprint density at radius 2 is 1.82 bits per heavy atom. The quantitative estimate of drug-likeness (QED) is 0.408. The van der Waals surface area contributed by atoms with E-state index < -0.39 is 0 Å². The summed E-state index contributed by atoms with van der Waals surface area (Å²) in [6.45, 7) is 4.28. The van der Waals surface area contributed by atoms with Gasteiger partial charge in [-0.2, -0.15) is 5.10 Å². The molecule has 1 aliphatic rings. The van der Waals surface area contributed by atoms with Crippen LogP contribution in [0.1, 0.15) is 18.4 Å². The molecule has 0 saturated carbocycles. The van der Waals surface area contributed by atoms with E-state index in [-0.39, 0.29) is 12.2 Å². The summed E-state index contributed by atoms with van der Waals surface area (Å²) in [5.41, 5.74) is 5.38. The Kier molecular flexibility index (Phi) is 5.28. The van der Waals surface area contributed by atoms with Crippen LogP contribution in [0.25, 0.3) is 38.8 Å². The van der Waals surface area contributed by atoms with Crippen molar-refractivity contribution in [2.24, 2.45) is 0 Å². The van der Waals surface area contributed by atoms with Crippen molar-refractivity contribution >= 4 is 21.8 Å². The summed E-state index contributed by atoms with van der Waals surface area (Å²) in [6, 6.07) is 17.5. The summed E-state index contributed by atoms with van der Waals surface area (Å²) in [7, 11) is 0. The molecule has 0 radical (unpaired) electrons. The molecule has 3 aromatic heterocycles. The van der Waals surface area contributed by atoms with Crippen molar-refractivity contribution in [2.75, 3.05) is 19.6 Å². The molecule has 2 N–H and O–H groups in total. The molecule has 7 nitrogen and oxygen atoms in total. The average Bonchev–Trinajstić information content (AvgIpc) is 3.61. The molecular formula is C27H27N5O2. The average molecular weight is 454 g/mol. The minimum atomic E-state index is -0.0898. The van der Waals surface area contributed by atoms with E-state index >= 15 is 0 Å². The van der Waals surface area contributed by atoms with Gasteiger partial charge in [0.15, 0.2) is 0 Å². The van der Waals surface area contributed by atoms with Crippen molar-refractivity contribution in [3.8, 4) is 16.9 Å². The second-order valence-electron chi connectivity index (χ2n) is 9.05. The van der Waals surface area contributed by atoms with E-state index in [2.05, 4.69) is 25.7 Å². The van der Waals surface area contributed by atoms with Crippen LogP contribution < -0.4 is 5.56 Å². The number of hydrogen-bond donors (Lipinski definition) is 2. The number of nitrogens with zero attached hydrogens (tertiary/aromatic N) is 4. The van der Waals surface area contributed by atoms with Gasteiger partial charge >= 0.3 is 0 Å². The Morgan fingerprint density at radius 1 is 0.941 bits per heavy atom. The van der Waals surface area contributed by atoms with Gasteiger partial charge in [-0.1, -0.05) is 6.07 Å². The molecule has 2 aromatic carbocycles. The maximum atomic E-state index is 13.0. The van der Waals surface area contributed by atoms with Crippen molar-refractivity contribution in [3.05, 3.63) is 82.9 Å². The predicted octanol–water partition coefficient (Wildman–Crippen LogP) is 3.92. The molecule has 172 valence electrons. The number of aromatic nitrogens is 4. The lowest BCUT2D eigenvalue weighted by molar-refractivity contribution is 0.282. The van der Waals surface area contributed by atoms with Crippen molar-refractivity contribution in [1.82, 2.24) is 24.2 Å². The standard InChI is InChI=1S/C27H27N5O2/c33-18-19-3-5-24-21(13-19)15-25(29-24)20-7-10-31(27(34)16-20)23-4-6-26-22(14-23)17-28-32(26)12-11-30-8-1-2-9-30/h3-7,10,13-17,29,33H,1-2,8-9,11-12,18H2. The van der Waals surface area contributed by atoms with Crippen LogP contribution in [0.4, 0.5) is 0 Å². The number of pyridine rings is 1. The fourth-order valence-corrected chi connectivity index (χ4v) is 4.94. The summed E-state index contributed by atoms with van der Waals surface area (Å²) in [5, 5.41) is 16.0. The zero-order valence-corrected chi connectivity index (χ0v) is 18.9. The Morgan fingerprint density at radius 3 is 2.65 bits per heavy atom. The summed E-state index contributed by atoms with van der Waals surface area (Å²) >= 11 is 0. The molecule has 0 atom stereocenters. The third kappa shape index (κ3) is 3.83. The SMILES string of the molecule is O=c1cc(-c2cc3cc(CO)ccc3[nH]2)ccn1-c1ccc2c(cnn2CCN2CCCC2)c1. The highest BCUT2D eigenvalue weighted by atomic mass is 16.3. The smallest absolute Gasteiger partial charge is 0.255 e. The number of aromatic amines is 1. The zero-order chi connectivity index (χ0) is 23.1. The first-order chi connectivity index (χ1) is 16.7. The topological polar surface area (TPSA) is 79.1 Å². The largest absolute Gasteiger partial charge is 0.392 e. The minimum Gasteiger partial charge on any atom is -0.392 e. The lowest BCUT2D eigenvalue weighted by Gasteiger charge is -2.14. The van der Waals surface area contributed by atoms with Gasteiger partial charge in [-0.15, -0.1) is 0 Å². The summed E-state index contributed by atoms with van der Waals surface area (Å²) in [4.78, 5) is 18.9. The fourth-order valence-electron chi connectivity index (χ4n) is 4.94. The van der Waals surface area contributed by atoms with Gasteiger partial charge in [0.05, 0.1) is 24.9 Å². The maximum Gasteiger partial charge on any atom is 0.255 e. The normalized spacial score (nSPS) is 14.5. The molecule has 34 heavy (non-hydrogen) atoms. The molecule has 0 unspecified atom stereocenters. The second kappa shape index (κ2) is 8.59. The van der Waals surface area contributed by atoms with Crippen LogP contribution in [0.5, 0.6) is 0 Å².